The molecule has 110 valence electrons. The van der Waals surface area contributed by atoms with Crippen molar-refractivity contribution in [3.05, 3.63) is 29.1 Å². The van der Waals surface area contributed by atoms with E-state index in [1.807, 2.05) is 0 Å². The lowest BCUT2D eigenvalue weighted by atomic mass is 10.1. The molecule has 0 radical (unpaired) electrons. The van der Waals surface area contributed by atoms with Crippen LogP contribution in [0.15, 0.2) is 12.1 Å². The summed E-state index contributed by atoms with van der Waals surface area (Å²) in [6.45, 7) is 6.73. The highest BCUT2D eigenvalue weighted by Gasteiger charge is 2.14. The molecule has 3 nitrogen and oxygen atoms in total. The Morgan fingerprint density at radius 1 is 1.30 bits per heavy atom. The van der Waals surface area contributed by atoms with E-state index in [1.165, 1.54) is 32.3 Å². The fourth-order valence-electron chi connectivity index (χ4n) is 2.52. The van der Waals surface area contributed by atoms with Gasteiger partial charge in [0.2, 0.25) is 0 Å². The second-order valence-electron chi connectivity index (χ2n) is 5.40. The maximum Gasteiger partial charge on any atom is 0.163 e. The molecule has 1 heterocycles. The Morgan fingerprint density at radius 2 is 2.00 bits per heavy atom. The molecule has 0 amide bonds. The summed E-state index contributed by atoms with van der Waals surface area (Å²) >= 11 is 0. The number of Topliss-reactive ketones (excluding diaryl/α,β-unsaturated/α-hetero) is 1. The number of aryl methyl sites for hydroxylation is 1. The summed E-state index contributed by atoms with van der Waals surface area (Å²) in [4.78, 5) is 13.9. The number of benzene rings is 1. The van der Waals surface area contributed by atoms with Crippen LogP contribution in [0.4, 0.5) is 4.39 Å². The number of carbonyl (C=O) groups excluding carboxylic acids is 1. The van der Waals surface area contributed by atoms with Crippen LogP contribution in [0, 0.1) is 12.7 Å². The average Bonchev–Trinajstić information content (AvgIpc) is 2.43. The maximum atomic E-state index is 13.5. The second kappa shape index (κ2) is 6.84. The first-order chi connectivity index (χ1) is 9.58. The zero-order valence-corrected chi connectivity index (χ0v) is 12.2. The van der Waals surface area contributed by atoms with Crippen LogP contribution in [0.2, 0.25) is 0 Å². The van der Waals surface area contributed by atoms with Crippen molar-refractivity contribution in [3.8, 4) is 5.75 Å². The average molecular weight is 279 g/mol. The predicted octanol–water partition coefficient (Wildman–Crippen LogP) is 3.20. The molecule has 0 saturated carbocycles. The molecule has 1 aromatic carbocycles. The molecule has 0 atom stereocenters. The van der Waals surface area contributed by atoms with E-state index in [2.05, 4.69) is 4.90 Å². The molecule has 1 aromatic rings. The number of piperidine rings is 1. The highest BCUT2D eigenvalue weighted by atomic mass is 19.1. The van der Waals surface area contributed by atoms with Crippen molar-refractivity contribution in [2.45, 2.75) is 33.1 Å². The molecule has 1 aliphatic heterocycles. The molecule has 0 aromatic heterocycles. The fourth-order valence-corrected chi connectivity index (χ4v) is 2.52. The first-order valence-electron chi connectivity index (χ1n) is 7.24. The smallest absolute Gasteiger partial charge is 0.163 e. The van der Waals surface area contributed by atoms with Crippen molar-refractivity contribution in [1.82, 2.24) is 4.90 Å². The highest BCUT2D eigenvalue weighted by Crippen LogP contribution is 2.23. The Kier molecular flexibility index (Phi) is 5.12. The van der Waals surface area contributed by atoms with Gasteiger partial charge in [0, 0.05) is 6.54 Å². The summed E-state index contributed by atoms with van der Waals surface area (Å²) in [5, 5.41) is 0. The fraction of sp³-hybridized carbons (Fsp3) is 0.562. The number of halogens is 1. The van der Waals surface area contributed by atoms with Gasteiger partial charge >= 0.3 is 0 Å². The third-order valence-corrected chi connectivity index (χ3v) is 3.75. The first kappa shape index (κ1) is 15.0. The molecule has 4 heteroatoms. The Bertz CT molecular complexity index is 482. The predicted molar refractivity (Wildman–Crippen MR) is 76.9 cm³/mol. The first-order valence-corrected chi connectivity index (χ1v) is 7.24. The Morgan fingerprint density at radius 3 is 2.65 bits per heavy atom. The Labute approximate surface area is 119 Å². The molecule has 0 spiro atoms. The molecule has 0 aliphatic carbocycles. The van der Waals surface area contributed by atoms with Gasteiger partial charge in [0.25, 0.3) is 0 Å². The van der Waals surface area contributed by atoms with Crippen molar-refractivity contribution in [3.63, 3.8) is 0 Å². The molecule has 1 aliphatic rings. The number of rotatable bonds is 5. The van der Waals surface area contributed by atoms with Gasteiger partial charge in [-0.15, -0.1) is 0 Å². The van der Waals surface area contributed by atoms with Gasteiger partial charge in [0.05, 0.1) is 5.56 Å². The van der Waals surface area contributed by atoms with E-state index in [1.54, 1.807) is 13.0 Å². The van der Waals surface area contributed by atoms with Gasteiger partial charge in [-0.05, 0) is 57.5 Å². The summed E-state index contributed by atoms with van der Waals surface area (Å²) < 4.78 is 19.2. The van der Waals surface area contributed by atoms with Gasteiger partial charge in [-0.2, -0.15) is 0 Å². The van der Waals surface area contributed by atoms with Gasteiger partial charge in [-0.25, -0.2) is 4.39 Å². The largest absolute Gasteiger partial charge is 0.491 e. The van der Waals surface area contributed by atoms with E-state index in [-0.39, 0.29) is 11.6 Å². The molecule has 1 fully saturated rings. The lowest BCUT2D eigenvalue weighted by Crippen LogP contribution is -2.33. The summed E-state index contributed by atoms with van der Waals surface area (Å²) in [5.74, 6) is -0.0381. The lowest BCUT2D eigenvalue weighted by Gasteiger charge is -2.26. The Hall–Kier alpha value is -1.42. The van der Waals surface area contributed by atoms with Gasteiger partial charge in [0.15, 0.2) is 5.78 Å². The topological polar surface area (TPSA) is 29.5 Å². The number of likely N-dealkylation sites (tertiary alicyclic amines) is 1. The molecule has 0 N–H and O–H groups in total. The van der Waals surface area contributed by atoms with Crippen LogP contribution >= 0.6 is 0 Å². The molecule has 0 bridgehead atoms. The highest BCUT2D eigenvalue weighted by molar-refractivity contribution is 5.96. The van der Waals surface area contributed by atoms with E-state index in [0.717, 1.165) is 19.6 Å². The number of hydrogen-bond donors (Lipinski definition) is 0. The summed E-state index contributed by atoms with van der Waals surface area (Å²) in [6.07, 6.45) is 3.80. The monoisotopic (exact) mass is 279 g/mol. The number of ether oxygens (including phenoxy) is 1. The van der Waals surface area contributed by atoms with Crippen LogP contribution < -0.4 is 4.74 Å². The Balaban J connectivity index is 1.97. The third kappa shape index (κ3) is 3.79. The SMILES string of the molecule is CC(=O)c1cc(F)c(C)cc1OCCN1CCCCC1. The quantitative estimate of drug-likeness (QED) is 0.775. The molecular formula is C16H22FNO2. The minimum absolute atomic E-state index is 0.170. The van der Waals surface area contributed by atoms with E-state index < -0.39 is 0 Å². The van der Waals surface area contributed by atoms with Crippen molar-refractivity contribution < 1.29 is 13.9 Å². The van der Waals surface area contributed by atoms with Crippen molar-refractivity contribution in [2.24, 2.45) is 0 Å². The third-order valence-electron chi connectivity index (χ3n) is 3.75. The lowest BCUT2D eigenvalue weighted by molar-refractivity contribution is 0.101. The van der Waals surface area contributed by atoms with Crippen molar-refractivity contribution in [1.29, 1.82) is 0 Å². The van der Waals surface area contributed by atoms with Crippen LogP contribution in [0.1, 0.15) is 42.1 Å². The number of carbonyl (C=O) groups is 1. The second-order valence-corrected chi connectivity index (χ2v) is 5.40. The van der Waals surface area contributed by atoms with Crippen molar-refractivity contribution >= 4 is 5.78 Å². The molecule has 20 heavy (non-hydrogen) atoms. The zero-order valence-electron chi connectivity index (χ0n) is 12.2. The van der Waals surface area contributed by atoms with E-state index in [4.69, 9.17) is 4.74 Å². The zero-order chi connectivity index (χ0) is 14.5. The summed E-state index contributed by atoms with van der Waals surface area (Å²) in [5.41, 5.74) is 0.828. The number of hydrogen-bond acceptors (Lipinski definition) is 3. The minimum atomic E-state index is -0.362. The van der Waals surface area contributed by atoms with Crippen LogP contribution in [-0.4, -0.2) is 36.9 Å². The minimum Gasteiger partial charge on any atom is -0.491 e. The summed E-state index contributed by atoms with van der Waals surface area (Å²) in [6, 6.07) is 2.89. The molecular weight excluding hydrogens is 257 g/mol. The normalized spacial score (nSPS) is 16.1. The van der Waals surface area contributed by atoms with Crippen LogP contribution in [0.5, 0.6) is 5.75 Å². The molecule has 2 rings (SSSR count). The van der Waals surface area contributed by atoms with Crippen LogP contribution in [0.25, 0.3) is 0 Å². The van der Waals surface area contributed by atoms with Gasteiger partial charge in [-0.1, -0.05) is 6.42 Å². The van der Waals surface area contributed by atoms with Gasteiger partial charge < -0.3 is 4.74 Å². The van der Waals surface area contributed by atoms with Crippen molar-refractivity contribution in [2.75, 3.05) is 26.2 Å². The van der Waals surface area contributed by atoms with Crippen LogP contribution in [0.3, 0.4) is 0 Å². The molecule has 1 saturated heterocycles. The van der Waals surface area contributed by atoms with E-state index in [9.17, 15) is 9.18 Å². The van der Waals surface area contributed by atoms with E-state index in [0.29, 0.717) is 23.5 Å². The maximum absolute atomic E-state index is 13.5. The molecule has 0 unspecified atom stereocenters. The van der Waals surface area contributed by atoms with Gasteiger partial charge in [-0.3, -0.25) is 9.69 Å². The number of ketones is 1. The van der Waals surface area contributed by atoms with Crippen LogP contribution in [-0.2, 0) is 0 Å². The summed E-state index contributed by atoms with van der Waals surface area (Å²) in [7, 11) is 0. The number of nitrogens with zero attached hydrogens (tertiary/aromatic N) is 1. The van der Waals surface area contributed by atoms with Gasteiger partial charge in [0.1, 0.15) is 18.2 Å². The standard InChI is InChI=1S/C16H22FNO2/c1-12-10-16(14(13(2)19)11-15(12)17)20-9-8-18-6-4-3-5-7-18/h10-11H,3-9H2,1-2H3. The van der Waals surface area contributed by atoms with E-state index >= 15 is 0 Å².